The van der Waals surface area contributed by atoms with Crippen LogP contribution in [0.25, 0.3) is 0 Å². The van der Waals surface area contributed by atoms with Crippen molar-refractivity contribution in [3.8, 4) is 0 Å². The molecule has 0 radical (unpaired) electrons. The summed E-state index contributed by atoms with van der Waals surface area (Å²) in [5, 5.41) is 3.24. The predicted molar refractivity (Wildman–Crippen MR) is 60.3 cm³/mol. The lowest BCUT2D eigenvalue weighted by Gasteiger charge is -2.28. The molecule has 1 aromatic rings. The fourth-order valence-electron chi connectivity index (χ4n) is 2.85. The third kappa shape index (κ3) is 1.74. The minimum absolute atomic E-state index is 0.154. The van der Waals surface area contributed by atoms with Crippen LogP contribution in [-0.2, 0) is 5.54 Å². The zero-order valence-electron chi connectivity index (χ0n) is 10.0. The number of alkyl halides is 3. The van der Waals surface area contributed by atoms with Crippen LogP contribution >= 0.6 is 0 Å². The molecule has 1 N–H and O–H groups in total. The maximum absolute atomic E-state index is 13.1. The highest BCUT2D eigenvalue weighted by Gasteiger charge is 2.65. The minimum atomic E-state index is -4.18. The molecule has 2 fully saturated rings. The Morgan fingerprint density at radius 2 is 2.17 bits per heavy atom. The average molecular weight is 259 g/mol. The van der Waals surface area contributed by atoms with Gasteiger partial charge in [0.05, 0.1) is 6.33 Å². The van der Waals surface area contributed by atoms with E-state index < -0.39 is 11.7 Å². The Labute approximate surface area is 103 Å². The van der Waals surface area contributed by atoms with Gasteiger partial charge in [-0.2, -0.15) is 13.2 Å². The summed E-state index contributed by atoms with van der Waals surface area (Å²) in [5.74, 6) is 0.154. The first-order valence-electron chi connectivity index (χ1n) is 6.35. The average Bonchev–Trinajstić information content (AvgIpc) is 3.02. The first kappa shape index (κ1) is 12.0. The monoisotopic (exact) mass is 259 g/mol. The van der Waals surface area contributed by atoms with Gasteiger partial charge in [-0.1, -0.05) is 0 Å². The number of halogens is 3. The van der Waals surface area contributed by atoms with Crippen LogP contribution in [0.15, 0.2) is 12.5 Å². The molecule has 1 aliphatic carbocycles. The molecule has 18 heavy (non-hydrogen) atoms. The standard InChI is InChI=1S/C12H16F3N3/c13-12(14,15)11(3-4-11)18-8-17-7-10(18)9-2-1-5-16-6-9/h7-9,16H,1-6H2. The van der Waals surface area contributed by atoms with Gasteiger partial charge in [0, 0.05) is 24.4 Å². The van der Waals surface area contributed by atoms with E-state index in [9.17, 15) is 13.2 Å². The van der Waals surface area contributed by atoms with Crippen LogP contribution in [0.2, 0.25) is 0 Å². The van der Waals surface area contributed by atoms with Crippen molar-refractivity contribution in [3.63, 3.8) is 0 Å². The maximum Gasteiger partial charge on any atom is 0.411 e. The van der Waals surface area contributed by atoms with Gasteiger partial charge in [0.25, 0.3) is 0 Å². The number of nitrogens with one attached hydrogen (secondary N) is 1. The molecule has 1 atom stereocenters. The Balaban J connectivity index is 1.92. The molecule has 0 bridgehead atoms. The number of aromatic nitrogens is 2. The summed E-state index contributed by atoms with van der Waals surface area (Å²) in [4.78, 5) is 3.95. The van der Waals surface area contributed by atoms with Crippen molar-refractivity contribution in [1.82, 2.24) is 14.9 Å². The molecule has 1 aliphatic heterocycles. The van der Waals surface area contributed by atoms with Gasteiger partial charge in [0.1, 0.15) is 5.54 Å². The normalized spacial score (nSPS) is 27.2. The molecule has 3 nitrogen and oxygen atoms in total. The van der Waals surface area contributed by atoms with Crippen LogP contribution in [0.3, 0.4) is 0 Å². The van der Waals surface area contributed by atoms with Crippen molar-refractivity contribution in [2.24, 2.45) is 0 Å². The second-order valence-electron chi connectivity index (χ2n) is 5.26. The molecule has 1 aromatic heterocycles. The van der Waals surface area contributed by atoms with E-state index in [1.807, 2.05) is 0 Å². The van der Waals surface area contributed by atoms with Gasteiger partial charge in [-0.15, -0.1) is 0 Å². The molecule has 1 saturated carbocycles. The van der Waals surface area contributed by atoms with E-state index in [-0.39, 0.29) is 18.8 Å². The molecular weight excluding hydrogens is 243 g/mol. The van der Waals surface area contributed by atoms with Crippen molar-refractivity contribution in [1.29, 1.82) is 0 Å². The van der Waals surface area contributed by atoms with Gasteiger partial charge < -0.3 is 9.88 Å². The summed E-state index contributed by atoms with van der Waals surface area (Å²) >= 11 is 0. The fourth-order valence-corrected chi connectivity index (χ4v) is 2.85. The molecule has 2 heterocycles. The zero-order chi connectivity index (χ0) is 12.8. The zero-order valence-corrected chi connectivity index (χ0v) is 10.0. The van der Waals surface area contributed by atoms with Gasteiger partial charge in [0.2, 0.25) is 0 Å². The Kier molecular flexibility index (Phi) is 2.66. The largest absolute Gasteiger partial charge is 0.411 e. The highest BCUT2D eigenvalue weighted by Crippen LogP contribution is 2.56. The van der Waals surface area contributed by atoms with Crippen molar-refractivity contribution in [2.75, 3.05) is 13.1 Å². The van der Waals surface area contributed by atoms with E-state index in [0.717, 1.165) is 31.6 Å². The lowest BCUT2D eigenvalue weighted by molar-refractivity contribution is -0.180. The summed E-state index contributed by atoms with van der Waals surface area (Å²) < 4.78 is 40.8. The lowest BCUT2D eigenvalue weighted by Crippen LogP contribution is -2.37. The van der Waals surface area contributed by atoms with E-state index in [4.69, 9.17) is 0 Å². The molecule has 3 rings (SSSR count). The molecule has 0 aromatic carbocycles. The van der Waals surface area contributed by atoms with Crippen molar-refractivity contribution < 1.29 is 13.2 Å². The van der Waals surface area contributed by atoms with Crippen LogP contribution in [-0.4, -0.2) is 28.8 Å². The third-order valence-corrected chi connectivity index (χ3v) is 4.09. The topological polar surface area (TPSA) is 29.9 Å². The summed E-state index contributed by atoms with van der Waals surface area (Å²) in [7, 11) is 0. The third-order valence-electron chi connectivity index (χ3n) is 4.09. The highest BCUT2D eigenvalue weighted by atomic mass is 19.4. The SMILES string of the molecule is FC(F)(F)C1(n2cncc2C2CCCNC2)CC1. The van der Waals surface area contributed by atoms with Crippen LogP contribution in [0.4, 0.5) is 13.2 Å². The van der Waals surface area contributed by atoms with Crippen molar-refractivity contribution in [3.05, 3.63) is 18.2 Å². The first-order valence-corrected chi connectivity index (χ1v) is 6.35. The van der Waals surface area contributed by atoms with E-state index in [1.165, 1.54) is 10.9 Å². The highest BCUT2D eigenvalue weighted by molar-refractivity contribution is 5.17. The molecule has 100 valence electrons. The molecular formula is C12H16F3N3. The minimum Gasteiger partial charge on any atom is -0.319 e. The van der Waals surface area contributed by atoms with Gasteiger partial charge in [0.15, 0.2) is 0 Å². The molecule has 1 unspecified atom stereocenters. The van der Waals surface area contributed by atoms with Crippen LogP contribution < -0.4 is 5.32 Å². The molecule has 1 saturated heterocycles. The van der Waals surface area contributed by atoms with Gasteiger partial charge in [-0.05, 0) is 32.2 Å². The Hall–Kier alpha value is -1.04. The van der Waals surface area contributed by atoms with E-state index in [1.54, 1.807) is 6.20 Å². The Morgan fingerprint density at radius 1 is 1.39 bits per heavy atom. The van der Waals surface area contributed by atoms with Gasteiger partial charge in [-0.25, -0.2) is 4.98 Å². The summed E-state index contributed by atoms with van der Waals surface area (Å²) in [5.41, 5.74) is -0.937. The van der Waals surface area contributed by atoms with Gasteiger partial charge >= 0.3 is 6.18 Å². The summed E-state index contributed by atoms with van der Waals surface area (Å²) in [6.45, 7) is 1.70. The Morgan fingerprint density at radius 3 is 2.72 bits per heavy atom. The quantitative estimate of drug-likeness (QED) is 0.884. The van der Waals surface area contributed by atoms with Gasteiger partial charge in [-0.3, -0.25) is 0 Å². The molecule has 0 spiro atoms. The molecule has 6 heteroatoms. The van der Waals surface area contributed by atoms with Crippen LogP contribution in [0.1, 0.15) is 37.3 Å². The summed E-state index contributed by atoms with van der Waals surface area (Å²) in [6, 6.07) is 0. The van der Waals surface area contributed by atoms with Crippen molar-refractivity contribution >= 4 is 0 Å². The first-order chi connectivity index (χ1) is 8.55. The summed E-state index contributed by atoms with van der Waals surface area (Å²) in [6.07, 6.45) is 1.08. The smallest absolute Gasteiger partial charge is 0.319 e. The fraction of sp³-hybridized carbons (Fsp3) is 0.750. The number of hydrogen-bond acceptors (Lipinski definition) is 2. The maximum atomic E-state index is 13.1. The molecule has 0 amide bonds. The van der Waals surface area contributed by atoms with E-state index >= 15 is 0 Å². The van der Waals surface area contributed by atoms with Crippen molar-refractivity contribution in [2.45, 2.75) is 43.3 Å². The number of rotatable bonds is 2. The second-order valence-corrected chi connectivity index (χ2v) is 5.26. The van der Waals surface area contributed by atoms with E-state index in [0.29, 0.717) is 0 Å². The predicted octanol–water partition coefficient (Wildman–Crippen LogP) is 2.40. The number of imidazole rings is 1. The Bertz CT molecular complexity index is 428. The van der Waals surface area contributed by atoms with Crippen LogP contribution in [0.5, 0.6) is 0 Å². The van der Waals surface area contributed by atoms with E-state index in [2.05, 4.69) is 10.3 Å². The van der Waals surface area contributed by atoms with Crippen LogP contribution in [0, 0.1) is 0 Å². The number of piperidine rings is 1. The molecule has 2 aliphatic rings. The second kappa shape index (κ2) is 3.98. The lowest BCUT2D eigenvalue weighted by atomic mass is 9.96. The number of hydrogen-bond donors (Lipinski definition) is 1. The number of nitrogens with zero attached hydrogens (tertiary/aromatic N) is 2.